The van der Waals surface area contributed by atoms with E-state index in [0.717, 1.165) is 61.4 Å². The van der Waals surface area contributed by atoms with Gasteiger partial charge in [0.05, 0.1) is 27.8 Å². The number of aromatic nitrogens is 1. The molecular weight excluding hydrogens is 849 g/mol. The third-order valence-electron chi connectivity index (χ3n) is 14.7. The third-order valence-corrected chi connectivity index (χ3v) is 14.7. The van der Waals surface area contributed by atoms with E-state index in [-0.39, 0.29) is 0 Å². The number of rotatable bonds is 7. The van der Waals surface area contributed by atoms with Crippen molar-refractivity contribution in [3.63, 3.8) is 0 Å². The Hall–Kier alpha value is -9.18. The Morgan fingerprint density at radius 1 is 0.286 bits per heavy atom. The van der Waals surface area contributed by atoms with Crippen LogP contribution >= 0.6 is 0 Å². The minimum atomic E-state index is -0.715. The molecule has 0 saturated heterocycles. The largest absolute Gasteiger partial charge is 0.456 e. The number of hydrogen-bond donors (Lipinski definition) is 0. The van der Waals surface area contributed by atoms with Crippen LogP contribution in [0.15, 0.2) is 271 Å². The molecule has 13 aromatic rings. The maximum Gasteiger partial charge on any atom is 0.135 e. The summed E-state index contributed by atoms with van der Waals surface area (Å²) in [6.07, 6.45) is 0. The zero-order valence-electron chi connectivity index (χ0n) is 38.2. The van der Waals surface area contributed by atoms with Crippen molar-refractivity contribution in [1.29, 1.82) is 0 Å². The van der Waals surface area contributed by atoms with E-state index >= 15 is 0 Å². The fourth-order valence-corrected chi connectivity index (χ4v) is 11.5. The zero-order valence-corrected chi connectivity index (χ0v) is 38.2. The van der Waals surface area contributed by atoms with E-state index in [1.807, 2.05) is 6.07 Å². The molecule has 3 heterocycles. The molecule has 0 amide bonds. The van der Waals surface area contributed by atoms with Gasteiger partial charge in [0, 0.05) is 32.9 Å². The molecule has 0 atom stereocenters. The lowest BCUT2D eigenvalue weighted by atomic mass is 9.62. The molecule has 14 rings (SSSR count). The predicted octanol–water partition coefficient (Wildman–Crippen LogP) is 17.8. The number of anilines is 3. The minimum absolute atomic E-state index is 0.715. The smallest absolute Gasteiger partial charge is 0.135 e. The Balaban J connectivity index is 1.01. The first kappa shape index (κ1) is 39.9. The Morgan fingerprint density at radius 3 is 1.46 bits per heavy atom. The molecule has 0 radical (unpaired) electrons. The molecule has 11 aromatic carbocycles. The van der Waals surface area contributed by atoms with E-state index in [1.165, 1.54) is 60.8 Å². The average Bonchev–Trinajstić information content (AvgIpc) is 3.98. The lowest BCUT2D eigenvalue weighted by Crippen LogP contribution is -2.37. The van der Waals surface area contributed by atoms with Crippen LogP contribution < -0.4 is 4.90 Å². The first-order valence-corrected chi connectivity index (χ1v) is 24.1. The molecule has 2 aromatic heterocycles. The molecule has 0 N–H and O–H groups in total. The van der Waals surface area contributed by atoms with E-state index in [9.17, 15) is 0 Å². The van der Waals surface area contributed by atoms with Crippen molar-refractivity contribution in [2.75, 3.05) is 4.90 Å². The SMILES string of the molecule is c1ccc(-c2ccc3c(c2)N(c2ccc(-c4ccc5c(c4)c4ccccc4n5-c4ccccc4)cc2)c2cc(-c4ccccc4)ccc2C3(c2ccccc2)c2ccc3oc4ccccc4c3c2)cc1. The van der Waals surface area contributed by atoms with Crippen molar-refractivity contribution >= 4 is 60.8 Å². The van der Waals surface area contributed by atoms with Gasteiger partial charge in [0.15, 0.2) is 0 Å². The normalized spacial score (nSPS) is 12.9. The van der Waals surface area contributed by atoms with Crippen LogP contribution in [0.3, 0.4) is 0 Å². The van der Waals surface area contributed by atoms with Gasteiger partial charge in [0.25, 0.3) is 0 Å². The summed E-state index contributed by atoms with van der Waals surface area (Å²) in [5.74, 6) is 0. The molecule has 1 aliphatic heterocycles. The van der Waals surface area contributed by atoms with Gasteiger partial charge in [-0.3, -0.25) is 0 Å². The lowest BCUT2D eigenvalue weighted by molar-refractivity contribution is 0.667. The average molecular weight is 893 g/mol. The fraction of sp³-hybridized carbons (Fsp3) is 0.0149. The number of para-hydroxylation sites is 3. The van der Waals surface area contributed by atoms with E-state index < -0.39 is 5.41 Å². The second-order valence-electron chi connectivity index (χ2n) is 18.4. The van der Waals surface area contributed by atoms with E-state index in [4.69, 9.17) is 4.42 Å². The molecule has 3 heteroatoms. The Morgan fingerprint density at radius 2 is 0.786 bits per heavy atom. The Kier molecular flexibility index (Phi) is 9.11. The van der Waals surface area contributed by atoms with Gasteiger partial charge in [-0.05, 0) is 128 Å². The summed E-state index contributed by atoms with van der Waals surface area (Å²) in [4.78, 5) is 2.51. The second-order valence-corrected chi connectivity index (χ2v) is 18.4. The maximum atomic E-state index is 6.47. The van der Waals surface area contributed by atoms with Crippen molar-refractivity contribution in [3.8, 4) is 39.1 Å². The highest BCUT2D eigenvalue weighted by atomic mass is 16.3. The summed E-state index contributed by atoms with van der Waals surface area (Å²) in [7, 11) is 0. The van der Waals surface area contributed by atoms with Crippen LogP contribution in [0.2, 0.25) is 0 Å². The molecule has 1 aliphatic rings. The number of fused-ring (bicyclic) bond motifs is 8. The van der Waals surface area contributed by atoms with Gasteiger partial charge in [-0.15, -0.1) is 0 Å². The molecule has 0 unspecified atom stereocenters. The van der Waals surface area contributed by atoms with Crippen molar-refractivity contribution in [1.82, 2.24) is 4.57 Å². The minimum Gasteiger partial charge on any atom is -0.456 e. The van der Waals surface area contributed by atoms with Gasteiger partial charge in [-0.1, -0.05) is 194 Å². The molecular formula is C67H44N2O. The van der Waals surface area contributed by atoms with Gasteiger partial charge in [-0.2, -0.15) is 0 Å². The van der Waals surface area contributed by atoms with E-state index in [1.54, 1.807) is 0 Å². The van der Waals surface area contributed by atoms with Crippen LogP contribution in [0.1, 0.15) is 22.3 Å². The van der Waals surface area contributed by atoms with Crippen LogP contribution in [-0.4, -0.2) is 4.57 Å². The maximum absolute atomic E-state index is 6.47. The lowest BCUT2D eigenvalue weighted by Gasteiger charge is -2.47. The molecule has 0 aliphatic carbocycles. The van der Waals surface area contributed by atoms with Gasteiger partial charge >= 0.3 is 0 Å². The highest BCUT2D eigenvalue weighted by Crippen LogP contribution is 2.59. The molecule has 0 saturated carbocycles. The van der Waals surface area contributed by atoms with E-state index in [0.29, 0.717) is 0 Å². The van der Waals surface area contributed by atoms with Gasteiger partial charge in [0.2, 0.25) is 0 Å². The number of hydrogen-bond acceptors (Lipinski definition) is 2. The van der Waals surface area contributed by atoms with Gasteiger partial charge < -0.3 is 13.9 Å². The van der Waals surface area contributed by atoms with Crippen molar-refractivity contribution in [2.24, 2.45) is 0 Å². The Bertz CT molecular complexity index is 4010. The van der Waals surface area contributed by atoms with Gasteiger partial charge in [0.1, 0.15) is 11.2 Å². The summed E-state index contributed by atoms with van der Waals surface area (Å²) >= 11 is 0. The summed E-state index contributed by atoms with van der Waals surface area (Å²) < 4.78 is 8.84. The van der Waals surface area contributed by atoms with Crippen molar-refractivity contribution in [2.45, 2.75) is 5.41 Å². The van der Waals surface area contributed by atoms with Crippen LogP contribution in [-0.2, 0) is 5.41 Å². The first-order chi connectivity index (χ1) is 34.7. The summed E-state index contributed by atoms with van der Waals surface area (Å²) in [5.41, 5.74) is 19.7. The van der Waals surface area contributed by atoms with Gasteiger partial charge in [-0.25, -0.2) is 0 Å². The highest BCUT2D eigenvalue weighted by Gasteiger charge is 2.47. The van der Waals surface area contributed by atoms with Crippen LogP contribution in [0.25, 0.3) is 82.8 Å². The highest BCUT2D eigenvalue weighted by molar-refractivity contribution is 6.11. The van der Waals surface area contributed by atoms with Crippen LogP contribution in [0.5, 0.6) is 0 Å². The quantitative estimate of drug-likeness (QED) is 0.159. The van der Waals surface area contributed by atoms with Crippen LogP contribution in [0.4, 0.5) is 17.1 Å². The first-order valence-electron chi connectivity index (χ1n) is 24.1. The summed E-state index contributed by atoms with van der Waals surface area (Å²) in [6, 6.07) is 97.6. The van der Waals surface area contributed by atoms with E-state index in [2.05, 4.69) is 270 Å². The van der Waals surface area contributed by atoms with Crippen molar-refractivity contribution in [3.05, 3.63) is 289 Å². The Labute approximate surface area is 406 Å². The topological polar surface area (TPSA) is 21.3 Å². The molecule has 0 bridgehead atoms. The molecule has 70 heavy (non-hydrogen) atoms. The number of nitrogens with zero attached hydrogens (tertiary/aromatic N) is 2. The van der Waals surface area contributed by atoms with Crippen molar-refractivity contribution < 1.29 is 4.42 Å². The van der Waals surface area contributed by atoms with Crippen LogP contribution in [0, 0.1) is 0 Å². The fourth-order valence-electron chi connectivity index (χ4n) is 11.5. The molecule has 0 fully saturated rings. The summed E-state index contributed by atoms with van der Waals surface area (Å²) in [5, 5.41) is 4.70. The summed E-state index contributed by atoms with van der Waals surface area (Å²) in [6.45, 7) is 0. The monoisotopic (exact) mass is 892 g/mol. The number of benzene rings is 11. The molecule has 3 nitrogen and oxygen atoms in total. The predicted molar refractivity (Wildman–Crippen MR) is 291 cm³/mol. The molecule has 0 spiro atoms. The third kappa shape index (κ3) is 6.15. The second kappa shape index (κ2) is 16.0. The molecule has 328 valence electrons. The number of furan rings is 1. The standard InChI is InChI=1S/C67H44N2O/c1-5-17-45(18-6-1)49-31-37-59-63(42-49)69(54-35-29-47(30-36-54)48-33-39-62-57(41-48)55-25-13-15-27-61(55)68(62)53-23-11-4-12-24-53)64-43-50(46-19-7-2-8-20-46)32-38-60(64)67(59,51-21-9-3-10-22-51)52-34-40-66-58(44-52)56-26-14-16-28-65(56)70-66/h1-44H. The zero-order chi connectivity index (χ0) is 46.2.